The molecule has 0 bridgehead atoms. The maximum absolute atomic E-state index is 6.50. The molecule has 0 radical (unpaired) electrons. The maximum atomic E-state index is 6.50. The number of halogens is 4. The Hall–Kier alpha value is 0.0400. The summed E-state index contributed by atoms with van der Waals surface area (Å²) >= 11 is 25.9. The van der Waals surface area contributed by atoms with Gasteiger partial charge in [-0.05, 0) is 77.0 Å². The van der Waals surface area contributed by atoms with Crippen LogP contribution in [0.3, 0.4) is 0 Å². The number of hydrogen-bond acceptors (Lipinski definition) is 0. The van der Waals surface area contributed by atoms with E-state index in [1.54, 1.807) is 0 Å². The summed E-state index contributed by atoms with van der Waals surface area (Å²) in [6.45, 7) is 9.17. The normalized spacial score (nSPS) is 15.3. The Labute approximate surface area is 282 Å². The Morgan fingerprint density at radius 1 is 0.524 bits per heavy atom. The quantitative estimate of drug-likeness (QED) is 0.0354. The maximum Gasteiger partial charge on any atom is 0.128 e. The molecule has 0 aliphatic heterocycles. The molecule has 0 aromatic heterocycles. The van der Waals surface area contributed by atoms with Gasteiger partial charge in [0.25, 0.3) is 0 Å². The molecular weight excluding hydrogens is 602 g/mol. The highest BCUT2D eigenvalue weighted by molar-refractivity contribution is 6.30. The highest BCUT2D eigenvalue weighted by atomic mass is 35.5. The predicted octanol–water partition coefficient (Wildman–Crippen LogP) is 12.0. The molecule has 0 aliphatic carbocycles. The summed E-state index contributed by atoms with van der Waals surface area (Å²) in [4.78, 5) is 0. The van der Waals surface area contributed by atoms with Crippen molar-refractivity contribution in [2.24, 2.45) is 0 Å². The van der Waals surface area contributed by atoms with Crippen molar-refractivity contribution in [1.82, 2.24) is 0 Å². The minimum Gasteiger partial charge on any atom is -0.324 e. The predicted molar refractivity (Wildman–Crippen MR) is 194 cm³/mol. The number of hydrogen-bond donors (Lipinski definition) is 0. The molecule has 42 heavy (non-hydrogen) atoms. The third-order valence-corrected chi connectivity index (χ3v) is 9.32. The van der Waals surface area contributed by atoms with Gasteiger partial charge in [0.1, 0.15) is 13.1 Å². The smallest absolute Gasteiger partial charge is 0.128 e. The van der Waals surface area contributed by atoms with Crippen LogP contribution in [-0.4, -0.2) is 74.1 Å². The Balaban J connectivity index is 4.13. The van der Waals surface area contributed by atoms with Crippen molar-refractivity contribution in [2.75, 3.05) is 54.4 Å². The molecule has 0 aliphatic rings. The van der Waals surface area contributed by atoms with Crippen LogP contribution in [0.4, 0.5) is 0 Å². The average molecular weight is 669 g/mol. The van der Waals surface area contributed by atoms with Crippen LogP contribution in [0, 0.1) is 0 Å². The van der Waals surface area contributed by atoms with Crippen molar-refractivity contribution < 1.29 is 8.97 Å². The zero-order valence-electron chi connectivity index (χ0n) is 28.2. The van der Waals surface area contributed by atoms with Crippen LogP contribution >= 0.6 is 46.4 Å². The Morgan fingerprint density at radius 2 is 0.905 bits per heavy atom. The first-order valence-electron chi connectivity index (χ1n) is 16.8. The SMILES string of the molecule is CCCC/C=C/CC(Cl)C/C=C(\Cl)CCCC[N+](C)(C)CC[N+](C)(C)CCCC/C(Cl)=C/CC(Cl)C/C=C/CCCC. The minimum atomic E-state index is 0.137. The van der Waals surface area contributed by atoms with Gasteiger partial charge in [-0.3, -0.25) is 0 Å². The highest BCUT2D eigenvalue weighted by Crippen LogP contribution is 2.19. The molecule has 2 unspecified atom stereocenters. The minimum absolute atomic E-state index is 0.137. The standard InChI is InChI=1S/C36H66Cl4N2/c1-7-9-11-13-15-21-33(37)25-27-35(39)23-17-19-29-41(3,4)31-32-42(5,6)30-20-18-24-36(40)28-26-34(38)22-16-14-12-10-8-2/h13-16,27-28,33-34H,7-12,17-26,29-32H2,1-6H3/q+2/b15-13+,16-14+,35-27-,36-28-. The third-order valence-electron chi connectivity index (χ3n) is 7.92. The Morgan fingerprint density at radius 3 is 1.26 bits per heavy atom. The van der Waals surface area contributed by atoms with E-state index in [0.717, 1.165) is 83.2 Å². The molecule has 0 amide bonds. The topological polar surface area (TPSA) is 0 Å². The van der Waals surface area contributed by atoms with Gasteiger partial charge in [-0.2, -0.15) is 0 Å². The molecule has 0 rings (SSSR count). The summed E-state index contributed by atoms with van der Waals surface area (Å²) in [5, 5.41) is 2.20. The molecule has 0 aromatic rings. The number of unbranched alkanes of at least 4 members (excludes halogenated alkanes) is 6. The summed E-state index contributed by atoms with van der Waals surface area (Å²) in [6, 6.07) is 0. The number of alkyl halides is 2. The zero-order valence-corrected chi connectivity index (χ0v) is 31.2. The van der Waals surface area contributed by atoms with Crippen LogP contribution in [0.25, 0.3) is 0 Å². The van der Waals surface area contributed by atoms with E-state index >= 15 is 0 Å². The molecular formula is C36H66Cl4N2+2. The van der Waals surface area contributed by atoms with E-state index in [-0.39, 0.29) is 10.8 Å². The lowest BCUT2D eigenvalue weighted by atomic mass is 10.1. The summed E-state index contributed by atoms with van der Waals surface area (Å²) in [5.41, 5.74) is 0. The number of rotatable bonds is 27. The second kappa shape index (κ2) is 26.3. The largest absolute Gasteiger partial charge is 0.324 e. The zero-order chi connectivity index (χ0) is 31.7. The first kappa shape index (κ1) is 42.0. The van der Waals surface area contributed by atoms with Crippen molar-refractivity contribution in [1.29, 1.82) is 0 Å². The summed E-state index contributed by atoms with van der Waals surface area (Å²) in [6.07, 6.45) is 30.6. The van der Waals surface area contributed by atoms with Gasteiger partial charge in [-0.1, -0.05) is 99.2 Å². The van der Waals surface area contributed by atoms with E-state index < -0.39 is 0 Å². The van der Waals surface area contributed by atoms with Gasteiger partial charge in [0.15, 0.2) is 0 Å². The fourth-order valence-electron chi connectivity index (χ4n) is 4.71. The molecule has 0 N–H and O–H groups in total. The fourth-order valence-corrected chi connectivity index (χ4v) is 5.54. The van der Waals surface area contributed by atoms with E-state index in [4.69, 9.17) is 46.4 Å². The first-order valence-corrected chi connectivity index (χ1v) is 18.4. The van der Waals surface area contributed by atoms with E-state index in [1.807, 2.05) is 0 Å². The second-order valence-corrected chi connectivity index (χ2v) is 15.6. The molecule has 0 saturated heterocycles. The first-order chi connectivity index (χ1) is 19.9. The van der Waals surface area contributed by atoms with Crippen LogP contribution in [0.5, 0.6) is 0 Å². The summed E-state index contributed by atoms with van der Waals surface area (Å²) in [5.74, 6) is 0. The van der Waals surface area contributed by atoms with Crippen LogP contribution in [0.15, 0.2) is 46.5 Å². The molecule has 0 fully saturated rings. The van der Waals surface area contributed by atoms with Gasteiger partial charge in [-0.25, -0.2) is 0 Å². The average Bonchev–Trinajstić information content (AvgIpc) is 2.94. The molecule has 246 valence electrons. The van der Waals surface area contributed by atoms with Crippen LogP contribution < -0.4 is 0 Å². The monoisotopic (exact) mass is 666 g/mol. The van der Waals surface area contributed by atoms with Crippen LogP contribution in [0.1, 0.15) is 117 Å². The van der Waals surface area contributed by atoms with Crippen molar-refractivity contribution in [3.63, 3.8) is 0 Å². The van der Waals surface area contributed by atoms with Gasteiger partial charge < -0.3 is 8.97 Å². The summed E-state index contributed by atoms with van der Waals surface area (Å²) in [7, 11) is 9.44. The molecule has 2 nitrogen and oxygen atoms in total. The van der Waals surface area contributed by atoms with Crippen molar-refractivity contribution >= 4 is 46.4 Å². The number of likely N-dealkylation sites (N-methyl/N-ethyl adjacent to an activating group) is 2. The van der Waals surface area contributed by atoms with E-state index in [9.17, 15) is 0 Å². The molecule has 0 saturated carbocycles. The lowest BCUT2D eigenvalue weighted by Crippen LogP contribution is -2.51. The van der Waals surface area contributed by atoms with Crippen molar-refractivity contribution in [3.8, 4) is 0 Å². The molecule has 0 aromatic carbocycles. The third kappa shape index (κ3) is 27.6. The van der Waals surface area contributed by atoms with Gasteiger partial charge in [-0.15, -0.1) is 23.2 Å². The molecule has 2 atom stereocenters. The Kier molecular flexibility index (Phi) is 26.3. The Bertz CT molecular complexity index is 706. The van der Waals surface area contributed by atoms with E-state index in [1.165, 1.54) is 64.7 Å². The van der Waals surface area contributed by atoms with Crippen molar-refractivity contribution in [3.05, 3.63) is 46.5 Å². The molecule has 0 spiro atoms. The number of nitrogens with zero attached hydrogens (tertiary/aromatic N) is 2. The van der Waals surface area contributed by atoms with Gasteiger partial charge in [0, 0.05) is 20.8 Å². The second-order valence-electron chi connectivity index (χ2n) is 13.3. The number of quaternary nitrogens is 2. The van der Waals surface area contributed by atoms with Gasteiger partial charge in [0.05, 0.1) is 41.3 Å². The van der Waals surface area contributed by atoms with Crippen LogP contribution in [-0.2, 0) is 0 Å². The van der Waals surface area contributed by atoms with Gasteiger partial charge >= 0.3 is 0 Å². The lowest BCUT2D eigenvalue weighted by Gasteiger charge is -2.36. The lowest BCUT2D eigenvalue weighted by molar-refractivity contribution is -0.946. The van der Waals surface area contributed by atoms with E-state index in [0.29, 0.717) is 0 Å². The van der Waals surface area contributed by atoms with E-state index in [2.05, 4.69) is 78.5 Å². The number of allylic oxidation sites excluding steroid dienone is 8. The highest BCUT2D eigenvalue weighted by Gasteiger charge is 2.22. The fraction of sp³-hybridized carbons (Fsp3) is 0.778. The molecule has 0 heterocycles. The molecule has 6 heteroatoms. The van der Waals surface area contributed by atoms with Crippen LogP contribution in [0.2, 0.25) is 0 Å². The van der Waals surface area contributed by atoms with Gasteiger partial charge in [0.2, 0.25) is 0 Å². The van der Waals surface area contributed by atoms with Crippen molar-refractivity contribution in [2.45, 2.75) is 127 Å². The summed E-state index contributed by atoms with van der Waals surface area (Å²) < 4.78 is 2.11.